The molecule has 0 aliphatic heterocycles. The van der Waals surface area contributed by atoms with Crippen molar-refractivity contribution in [3.63, 3.8) is 0 Å². The molecule has 0 unspecified atom stereocenters. The van der Waals surface area contributed by atoms with Crippen molar-refractivity contribution in [3.8, 4) is 0 Å². The maximum Gasteiger partial charge on any atom is 0.407 e. The van der Waals surface area contributed by atoms with Crippen molar-refractivity contribution in [2.75, 3.05) is 32.8 Å². The molecular weight excluding hydrogens is 378 g/mol. The van der Waals surface area contributed by atoms with Gasteiger partial charge in [-0.2, -0.15) is 0 Å². The molecule has 0 radical (unpaired) electrons. The van der Waals surface area contributed by atoms with Crippen LogP contribution in [0.3, 0.4) is 0 Å². The summed E-state index contributed by atoms with van der Waals surface area (Å²) >= 11 is 0. The predicted molar refractivity (Wildman–Crippen MR) is 106 cm³/mol. The third-order valence-electron chi connectivity index (χ3n) is 3.60. The fraction of sp³-hybridized carbons (Fsp3) is 0.500. The summed E-state index contributed by atoms with van der Waals surface area (Å²) in [5.41, 5.74) is 0.827. The summed E-state index contributed by atoms with van der Waals surface area (Å²) in [6.45, 7) is 5.32. The molecule has 29 heavy (non-hydrogen) atoms. The van der Waals surface area contributed by atoms with Crippen LogP contribution in [0.15, 0.2) is 30.3 Å². The van der Waals surface area contributed by atoms with E-state index in [-0.39, 0.29) is 38.8 Å². The van der Waals surface area contributed by atoms with E-state index < -0.39 is 23.9 Å². The van der Waals surface area contributed by atoms with Gasteiger partial charge in [-0.05, 0) is 18.4 Å². The van der Waals surface area contributed by atoms with Gasteiger partial charge in [0.1, 0.15) is 19.7 Å². The summed E-state index contributed by atoms with van der Waals surface area (Å²) in [5.74, 6) is -1.35. The maximum absolute atomic E-state index is 12.4. The SMILES string of the molecule is CCOC(=O)CNC(=O)CN(CC(C)C)C(=O)CNC(=O)OCc1ccccc1. The highest BCUT2D eigenvalue weighted by Crippen LogP contribution is 2.01. The first-order chi connectivity index (χ1) is 13.8. The van der Waals surface area contributed by atoms with E-state index in [9.17, 15) is 19.2 Å². The van der Waals surface area contributed by atoms with Crippen molar-refractivity contribution >= 4 is 23.9 Å². The Morgan fingerprint density at radius 1 is 1.00 bits per heavy atom. The quantitative estimate of drug-likeness (QED) is 0.531. The van der Waals surface area contributed by atoms with E-state index in [1.807, 2.05) is 44.2 Å². The molecule has 2 N–H and O–H groups in total. The summed E-state index contributed by atoms with van der Waals surface area (Å²) < 4.78 is 9.79. The minimum atomic E-state index is -0.724. The number of amides is 3. The molecule has 3 amide bonds. The first-order valence-corrected chi connectivity index (χ1v) is 9.46. The molecule has 0 aliphatic rings. The van der Waals surface area contributed by atoms with Crippen LogP contribution in [0.2, 0.25) is 0 Å². The van der Waals surface area contributed by atoms with E-state index in [2.05, 4.69) is 10.6 Å². The fourth-order valence-electron chi connectivity index (χ4n) is 2.34. The van der Waals surface area contributed by atoms with E-state index in [0.29, 0.717) is 6.54 Å². The van der Waals surface area contributed by atoms with Crippen molar-refractivity contribution < 1.29 is 28.7 Å². The number of ether oxygens (including phenoxy) is 2. The summed E-state index contributed by atoms with van der Waals surface area (Å²) in [5, 5.41) is 4.80. The second kappa shape index (κ2) is 13.1. The van der Waals surface area contributed by atoms with Gasteiger partial charge in [0.2, 0.25) is 11.8 Å². The number of hydrogen-bond acceptors (Lipinski definition) is 6. The highest BCUT2D eigenvalue weighted by atomic mass is 16.5. The Labute approximate surface area is 170 Å². The fourth-order valence-corrected chi connectivity index (χ4v) is 2.34. The number of esters is 1. The van der Waals surface area contributed by atoms with Gasteiger partial charge in [-0.25, -0.2) is 4.79 Å². The number of rotatable bonds is 11. The van der Waals surface area contributed by atoms with Gasteiger partial charge in [-0.15, -0.1) is 0 Å². The van der Waals surface area contributed by atoms with Gasteiger partial charge in [0.05, 0.1) is 13.2 Å². The van der Waals surface area contributed by atoms with Crippen molar-refractivity contribution in [3.05, 3.63) is 35.9 Å². The number of hydrogen-bond donors (Lipinski definition) is 2. The largest absolute Gasteiger partial charge is 0.465 e. The Kier molecular flexibility index (Phi) is 10.8. The van der Waals surface area contributed by atoms with Crippen molar-refractivity contribution in [1.82, 2.24) is 15.5 Å². The maximum atomic E-state index is 12.4. The van der Waals surface area contributed by atoms with Gasteiger partial charge in [-0.1, -0.05) is 44.2 Å². The highest BCUT2D eigenvalue weighted by molar-refractivity contribution is 5.88. The predicted octanol–water partition coefficient (Wildman–Crippen LogP) is 1.08. The topological polar surface area (TPSA) is 114 Å². The summed E-state index contributed by atoms with van der Waals surface area (Å²) in [7, 11) is 0. The lowest BCUT2D eigenvalue weighted by Gasteiger charge is -2.24. The number of nitrogens with zero attached hydrogens (tertiary/aromatic N) is 1. The molecular formula is C20H29N3O6. The lowest BCUT2D eigenvalue weighted by molar-refractivity contribution is -0.143. The minimum absolute atomic E-state index is 0.0901. The molecule has 0 aliphatic carbocycles. The van der Waals surface area contributed by atoms with Crippen molar-refractivity contribution in [1.29, 1.82) is 0 Å². The van der Waals surface area contributed by atoms with Crippen molar-refractivity contribution in [2.45, 2.75) is 27.4 Å². The zero-order valence-electron chi connectivity index (χ0n) is 17.1. The van der Waals surface area contributed by atoms with Crippen LogP contribution in [-0.4, -0.2) is 61.6 Å². The number of carbonyl (C=O) groups excluding carboxylic acids is 4. The van der Waals surface area contributed by atoms with Gasteiger partial charge >= 0.3 is 12.1 Å². The van der Waals surface area contributed by atoms with E-state index >= 15 is 0 Å². The smallest absolute Gasteiger partial charge is 0.407 e. The van der Waals surface area contributed by atoms with Gasteiger partial charge < -0.3 is 25.0 Å². The summed E-state index contributed by atoms with van der Waals surface area (Å²) in [4.78, 5) is 48.9. The Balaban J connectivity index is 2.45. The van der Waals surface area contributed by atoms with Gasteiger partial charge in [0.25, 0.3) is 0 Å². The molecule has 0 aromatic heterocycles. The van der Waals surface area contributed by atoms with Crippen LogP contribution in [0.5, 0.6) is 0 Å². The third-order valence-corrected chi connectivity index (χ3v) is 3.60. The molecule has 0 saturated heterocycles. The van der Waals surface area contributed by atoms with Crippen LogP contribution in [0.4, 0.5) is 4.79 Å². The van der Waals surface area contributed by atoms with Crippen LogP contribution in [0.1, 0.15) is 26.3 Å². The molecule has 0 fully saturated rings. The standard InChI is InChI=1S/C20H29N3O6/c1-4-28-19(26)11-21-17(24)13-23(12-15(2)3)18(25)10-22-20(27)29-14-16-8-6-5-7-9-16/h5-9,15H,4,10-14H2,1-3H3,(H,21,24)(H,22,27). The zero-order chi connectivity index (χ0) is 21.6. The summed E-state index contributed by atoms with van der Waals surface area (Å²) in [6, 6.07) is 9.15. The second-order valence-corrected chi connectivity index (χ2v) is 6.67. The Morgan fingerprint density at radius 2 is 1.69 bits per heavy atom. The molecule has 0 heterocycles. The lowest BCUT2D eigenvalue weighted by atomic mass is 10.2. The molecule has 0 spiro atoms. The zero-order valence-corrected chi connectivity index (χ0v) is 17.1. The van der Waals surface area contributed by atoms with E-state index in [4.69, 9.17) is 9.47 Å². The molecule has 160 valence electrons. The Morgan fingerprint density at radius 3 is 2.31 bits per heavy atom. The van der Waals surface area contributed by atoms with Crippen LogP contribution in [0.25, 0.3) is 0 Å². The molecule has 1 aromatic carbocycles. The number of carbonyl (C=O) groups is 4. The summed E-state index contributed by atoms with van der Waals surface area (Å²) in [6.07, 6.45) is -0.724. The Hall–Kier alpha value is -3.10. The average Bonchev–Trinajstić information content (AvgIpc) is 2.69. The van der Waals surface area contributed by atoms with Crippen LogP contribution >= 0.6 is 0 Å². The Bertz CT molecular complexity index is 678. The van der Waals surface area contributed by atoms with Gasteiger partial charge in [-0.3, -0.25) is 14.4 Å². The molecule has 1 rings (SSSR count). The van der Waals surface area contributed by atoms with E-state index in [1.54, 1.807) is 6.92 Å². The molecule has 0 saturated carbocycles. The average molecular weight is 407 g/mol. The third kappa shape index (κ3) is 10.7. The molecule has 9 nitrogen and oxygen atoms in total. The first kappa shape index (κ1) is 23.9. The lowest BCUT2D eigenvalue weighted by Crippen LogP contribution is -2.47. The van der Waals surface area contributed by atoms with Gasteiger partial charge in [0, 0.05) is 6.54 Å². The monoisotopic (exact) mass is 407 g/mol. The van der Waals surface area contributed by atoms with Crippen LogP contribution < -0.4 is 10.6 Å². The van der Waals surface area contributed by atoms with Gasteiger partial charge in [0.15, 0.2) is 0 Å². The van der Waals surface area contributed by atoms with Crippen LogP contribution in [-0.2, 0) is 30.5 Å². The molecule has 0 atom stereocenters. The number of alkyl carbamates (subject to hydrolysis) is 1. The van der Waals surface area contributed by atoms with E-state index in [0.717, 1.165) is 5.56 Å². The minimum Gasteiger partial charge on any atom is -0.465 e. The molecule has 1 aromatic rings. The number of nitrogens with one attached hydrogen (secondary N) is 2. The number of benzene rings is 1. The normalized spacial score (nSPS) is 10.2. The molecule has 9 heteroatoms. The second-order valence-electron chi connectivity index (χ2n) is 6.67. The molecule has 0 bridgehead atoms. The van der Waals surface area contributed by atoms with Crippen molar-refractivity contribution in [2.24, 2.45) is 5.92 Å². The van der Waals surface area contributed by atoms with Crippen LogP contribution in [0, 0.1) is 5.92 Å². The highest BCUT2D eigenvalue weighted by Gasteiger charge is 2.19. The van der Waals surface area contributed by atoms with E-state index in [1.165, 1.54) is 4.90 Å². The first-order valence-electron chi connectivity index (χ1n) is 9.46.